The fourth-order valence-electron chi connectivity index (χ4n) is 9.75. The Labute approximate surface area is 383 Å². The molecule has 2 bridgehead atoms. The molecule has 2 saturated heterocycles. The highest BCUT2D eigenvalue weighted by Crippen LogP contribution is 2.50. The largest absolute Gasteiger partial charge is 0.491 e. The van der Waals surface area contributed by atoms with Gasteiger partial charge in [-0.05, 0) is 70.1 Å². The van der Waals surface area contributed by atoms with Crippen LogP contribution in [0, 0.1) is 17.8 Å². The van der Waals surface area contributed by atoms with Crippen LogP contribution in [-0.4, -0.2) is 128 Å². The van der Waals surface area contributed by atoms with Gasteiger partial charge in [-0.15, -0.1) is 6.58 Å². The number of hydrogen-bond acceptors (Lipinski definition) is 12. The topological polar surface area (TPSA) is 195 Å². The Hall–Kier alpha value is -4.69. The molecule has 3 aliphatic heterocycles. The van der Waals surface area contributed by atoms with E-state index in [1.54, 1.807) is 0 Å². The van der Waals surface area contributed by atoms with Crippen LogP contribution in [0.5, 0.6) is 11.6 Å². The summed E-state index contributed by atoms with van der Waals surface area (Å²) in [5, 5.41) is 5.68. The van der Waals surface area contributed by atoms with Crippen LogP contribution in [0.1, 0.15) is 95.6 Å². The molecule has 3 saturated carbocycles. The number of alkyl halides is 3. The molecule has 3 N–H and O–H groups in total. The van der Waals surface area contributed by atoms with Crippen molar-refractivity contribution in [1.29, 1.82) is 0 Å². The van der Waals surface area contributed by atoms with Gasteiger partial charge in [-0.3, -0.25) is 24.0 Å². The number of rotatable bonds is 13. The van der Waals surface area contributed by atoms with Crippen molar-refractivity contribution in [1.82, 2.24) is 30.1 Å². The SMILES string of the molecule is C=C[C@@H]1C[C@]1(NC(=O)C1CC2CN1C(=O)CNC(=O)OC1C(CCCC)C1CCCCCc1c(nc3cc(C(F)(F)F)ccc3c1OCCN1CCOCC1)O2)C(=O)NS(=O)(=O)C1(C)CC1. The lowest BCUT2D eigenvalue weighted by atomic mass is 10.0. The number of alkyl carbamates (subject to hydrolysis) is 1. The molecule has 2 aromatic rings. The standard InChI is InChI=1S/C46H61F3N6O10S/c1-4-6-10-31-32-11-8-7-9-12-34-38(63-22-19-54-17-20-62-21-18-54)33-14-13-29(46(47,48)49)23-35(33)51-41(34)64-30-24-36(55(27-30)37(56)26-50-43(59)65-39(31)32)40(57)52-45(25-28(45)5-2)42(58)53-66(60,61)44(3)15-16-44/h5,13-14,23,28,30-32,36,39H,2,4,6-12,15-22,24-27H2,1,3H3,(H,50,59)(H,52,57)(H,53,58)/t28-,30?,31?,32?,36?,39?,45-/m1/s1. The first kappa shape index (κ1) is 47.8. The van der Waals surface area contributed by atoms with E-state index >= 15 is 0 Å². The third-order valence-electron chi connectivity index (χ3n) is 14.4. The smallest absolute Gasteiger partial charge is 0.416 e. The summed E-state index contributed by atoms with van der Waals surface area (Å²) in [7, 11) is -4.07. The Morgan fingerprint density at radius 3 is 2.59 bits per heavy atom. The number of pyridine rings is 1. The van der Waals surface area contributed by atoms with E-state index in [-0.39, 0.29) is 55.3 Å². The number of carbonyl (C=O) groups is 4. The van der Waals surface area contributed by atoms with Crippen LogP contribution in [0.3, 0.4) is 0 Å². The molecule has 3 aliphatic carbocycles. The van der Waals surface area contributed by atoms with Gasteiger partial charge >= 0.3 is 12.3 Å². The summed E-state index contributed by atoms with van der Waals surface area (Å²) in [5.41, 5.74) is -2.04. The van der Waals surface area contributed by atoms with E-state index in [0.717, 1.165) is 50.7 Å². The van der Waals surface area contributed by atoms with E-state index in [1.165, 1.54) is 24.0 Å². The molecule has 16 nitrogen and oxygen atoms in total. The summed E-state index contributed by atoms with van der Waals surface area (Å²) in [5.74, 6) is -2.27. The van der Waals surface area contributed by atoms with Crippen molar-refractivity contribution >= 4 is 44.7 Å². The van der Waals surface area contributed by atoms with Crippen molar-refractivity contribution in [2.45, 2.75) is 126 Å². The molecule has 7 atom stereocenters. The van der Waals surface area contributed by atoms with Crippen LogP contribution in [0.15, 0.2) is 30.9 Å². The molecule has 20 heteroatoms. The quantitative estimate of drug-likeness (QED) is 0.228. The fourth-order valence-corrected chi connectivity index (χ4v) is 11.1. The molecular weight excluding hydrogens is 886 g/mol. The van der Waals surface area contributed by atoms with Gasteiger partial charge in [-0.2, -0.15) is 13.2 Å². The van der Waals surface area contributed by atoms with Gasteiger partial charge in [0.25, 0.3) is 5.91 Å². The first-order chi connectivity index (χ1) is 31.5. The second kappa shape index (κ2) is 19.1. The first-order valence-corrected chi connectivity index (χ1v) is 24.8. The number of fused-ring (bicyclic) bond motifs is 5. The van der Waals surface area contributed by atoms with Gasteiger partial charge in [-0.1, -0.05) is 38.7 Å². The minimum Gasteiger partial charge on any atom is -0.491 e. The van der Waals surface area contributed by atoms with Crippen LogP contribution in [0.4, 0.5) is 18.0 Å². The number of benzene rings is 1. The zero-order chi connectivity index (χ0) is 47.0. The lowest BCUT2D eigenvalue weighted by Crippen LogP contribution is -2.57. The van der Waals surface area contributed by atoms with Crippen molar-refractivity contribution in [3.05, 3.63) is 42.0 Å². The number of hydrogen-bond donors (Lipinski definition) is 3. The maximum atomic E-state index is 14.4. The summed E-state index contributed by atoms with van der Waals surface area (Å²) in [4.78, 5) is 63.5. The molecular formula is C46H61F3N6O10S. The highest BCUT2D eigenvalue weighted by molar-refractivity contribution is 7.91. The molecule has 1 aromatic carbocycles. The Kier molecular flexibility index (Phi) is 13.9. The number of ether oxygens (including phenoxy) is 4. The van der Waals surface area contributed by atoms with Gasteiger partial charge < -0.3 is 34.5 Å². The van der Waals surface area contributed by atoms with E-state index in [1.807, 2.05) is 0 Å². The van der Waals surface area contributed by atoms with E-state index in [4.69, 9.17) is 23.9 Å². The van der Waals surface area contributed by atoms with Gasteiger partial charge in [0.15, 0.2) is 0 Å². The zero-order valence-corrected chi connectivity index (χ0v) is 38.4. The molecule has 5 unspecified atom stereocenters. The van der Waals surface area contributed by atoms with Crippen molar-refractivity contribution in [3.63, 3.8) is 0 Å². The predicted molar refractivity (Wildman–Crippen MR) is 235 cm³/mol. The van der Waals surface area contributed by atoms with E-state index in [0.29, 0.717) is 75.2 Å². The van der Waals surface area contributed by atoms with Gasteiger partial charge in [0.2, 0.25) is 27.7 Å². The number of nitrogens with one attached hydrogen (secondary N) is 3. The second-order valence-electron chi connectivity index (χ2n) is 19.0. The van der Waals surface area contributed by atoms with Gasteiger partial charge in [0.1, 0.15) is 42.7 Å². The van der Waals surface area contributed by atoms with Crippen molar-refractivity contribution in [2.75, 3.05) is 52.5 Å². The Morgan fingerprint density at radius 2 is 1.89 bits per heavy atom. The lowest BCUT2D eigenvalue weighted by molar-refractivity contribution is -0.139. The minimum absolute atomic E-state index is 0.00917. The highest BCUT2D eigenvalue weighted by Gasteiger charge is 2.63. The van der Waals surface area contributed by atoms with E-state index in [9.17, 15) is 40.8 Å². The Balaban J connectivity index is 1.12. The number of carbonyl (C=O) groups excluding carboxylic acids is 4. The molecule has 5 fully saturated rings. The molecule has 0 spiro atoms. The molecule has 6 aliphatic rings. The number of sulfonamides is 1. The zero-order valence-electron chi connectivity index (χ0n) is 37.6. The Morgan fingerprint density at radius 1 is 1.12 bits per heavy atom. The third-order valence-corrected chi connectivity index (χ3v) is 16.5. The summed E-state index contributed by atoms with van der Waals surface area (Å²) < 4.78 is 94.2. The number of unbranched alkanes of at least 4 members (excludes halogenated alkanes) is 1. The van der Waals surface area contributed by atoms with E-state index < -0.39 is 80.5 Å². The molecule has 66 heavy (non-hydrogen) atoms. The number of amides is 4. The van der Waals surface area contributed by atoms with Crippen LogP contribution >= 0.6 is 0 Å². The van der Waals surface area contributed by atoms with Crippen LogP contribution < -0.4 is 24.8 Å². The third kappa shape index (κ3) is 10.2. The minimum atomic E-state index is -4.67. The average molecular weight is 947 g/mol. The molecule has 0 radical (unpaired) electrons. The normalized spacial score (nSPS) is 29.1. The van der Waals surface area contributed by atoms with Gasteiger partial charge in [0.05, 0.1) is 41.1 Å². The molecule has 4 amide bonds. The molecule has 362 valence electrons. The van der Waals surface area contributed by atoms with Crippen molar-refractivity contribution in [3.8, 4) is 11.6 Å². The summed E-state index contributed by atoms with van der Waals surface area (Å²) in [6.45, 7) is 9.98. The summed E-state index contributed by atoms with van der Waals surface area (Å²) in [6, 6.07) is 2.04. The van der Waals surface area contributed by atoms with Crippen LogP contribution in [0.2, 0.25) is 0 Å². The average Bonchev–Trinajstić information content (AvgIpc) is 4.24. The number of aromatic nitrogens is 1. The van der Waals surface area contributed by atoms with Crippen molar-refractivity contribution < 1.29 is 59.7 Å². The van der Waals surface area contributed by atoms with Crippen LogP contribution in [0.25, 0.3) is 10.9 Å². The molecule has 8 rings (SSSR count). The molecule has 4 heterocycles. The predicted octanol–water partition coefficient (Wildman–Crippen LogP) is 5.02. The fraction of sp³-hybridized carbons (Fsp3) is 0.674. The van der Waals surface area contributed by atoms with Crippen LogP contribution in [-0.2, 0) is 46.5 Å². The first-order valence-electron chi connectivity index (χ1n) is 23.4. The highest BCUT2D eigenvalue weighted by atomic mass is 32.2. The number of halogens is 3. The summed E-state index contributed by atoms with van der Waals surface area (Å²) in [6.07, 6.45) is 1.76. The number of morpholine rings is 1. The monoisotopic (exact) mass is 946 g/mol. The second-order valence-corrected chi connectivity index (χ2v) is 21.2. The lowest BCUT2D eigenvalue weighted by Gasteiger charge is -2.27. The van der Waals surface area contributed by atoms with Gasteiger partial charge in [0, 0.05) is 49.2 Å². The number of nitrogens with zero attached hydrogens (tertiary/aromatic N) is 3. The molecule has 1 aromatic heterocycles. The summed E-state index contributed by atoms with van der Waals surface area (Å²) >= 11 is 0. The maximum Gasteiger partial charge on any atom is 0.416 e. The Bertz CT molecular complexity index is 2310. The van der Waals surface area contributed by atoms with Crippen molar-refractivity contribution in [2.24, 2.45) is 17.8 Å². The van der Waals surface area contributed by atoms with Gasteiger partial charge in [-0.25, -0.2) is 18.2 Å². The maximum absolute atomic E-state index is 14.4. The van der Waals surface area contributed by atoms with E-state index in [2.05, 4.69) is 33.8 Å².